The van der Waals surface area contributed by atoms with Gasteiger partial charge in [-0.1, -0.05) is 28.1 Å². The van der Waals surface area contributed by atoms with Crippen molar-refractivity contribution in [3.05, 3.63) is 50.9 Å². The Balaban J connectivity index is 1.71. The second-order valence-corrected chi connectivity index (χ2v) is 6.99. The number of nitrogens with zero attached hydrogens (tertiary/aromatic N) is 1. The summed E-state index contributed by atoms with van der Waals surface area (Å²) in [6.07, 6.45) is 5.75. The number of thiazole rings is 1. The number of aromatic nitrogens is 1. The van der Waals surface area contributed by atoms with Crippen LogP contribution in [0.2, 0.25) is 0 Å². The summed E-state index contributed by atoms with van der Waals surface area (Å²) in [6, 6.07) is 9.48. The molecule has 0 aliphatic heterocycles. The van der Waals surface area contributed by atoms with Gasteiger partial charge in [-0.2, -0.15) is 0 Å². The fraction of sp³-hybridized carbons (Fsp3) is 0.400. The molecule has 0 spiro atoms. The highest BCUT2D eigenvalue weighted by molar-refractivity contribution is 9.10. The minimum Gasteiger partial charge on any atom is -0.313 e. The van der Waals surface area contributed by atoms with E-state index in [1.54, 1.807) is 11.3 Å². The third kappa shape index (κ3) is 3.88. The van der Waals surface area contributed by atoms with E-state index in [0.717, 1.165) is 23.5 Å². The van der Waals surface area contributed by atoms with Crippen LogP contribution in [0.15, 0.2) is 40.4 Å². The van der Waals surface area contributed by atoms with Crippen LogP contribution in [-0.4, -0.2) is 17.6 Å². The van der Waals surface area contributed by atoms with E-state index in [1.165, 1.54) is 23.3 Å². The number of rotatable bonds is 6. The molecule has 0 amide bonds. The van der Waals surface area contributed by atoms with Crippen LogP contribution < -0.4 is 5.32 Å². The van der Waals surface area contributed by atoms with Crippen molar-refractivity contribution < 1.29 is 0 Å². The highest BCUT2D eigenvalue weighted by Gasteiger charge is 2.22. The van der Waals surface area contributed by atoms with Crippen molar-refractivity contribution in [1.82, 2.24) is 10.3 Å². The van der Waals surface area contributed by atoms with Gasteiger partial charge in [0.2, 0.25) is 0 Å². The first-order valence-electron chi connectivity index (χ1n) is 6.67. The second-order valence-electron chi connectivity index (χ2n) is 5.10. The fourth-order valence-electron chi connectivity index (χ4n) is 2.22. The van der Waals surface area contributed by atoms with E-state index < -0.39 is 0 Å². The summed E-state index contributed by atoms with van der Waals surface area (Å²) in [5.74, 6) is 0.536. The lowest BCUT2D eigenvalue weighted by Gasteiger charge is -2.17. The Morgan fingerprint density at radius 3 is 2.74 bits per heavy atom. The highest BCUT2D eigenvalue weighted by atomic mass is 79.9. The molecule has 1 heterocycles. The SMILES string of the molecule is Brc1ccc(C(CNC2CC2)Cc2cncs2)cc1. The molecule has 2 aromatic rings. The quantitative estimate of drug-likeness (QED) is 0.862. The van der Waals surface area contributed by atoms with E-state index in [9.17, 15) is 0 Å². The van der Waals surface area contributed by atoms with Crippen LogP contribution in [0.3, 0.4) is 0 Å². The lowest BCUT2D eigenvalue weighted by atomic mass is 9.95. The first kappa shape index (κ1) is 13.3. The molecule has 1 N–H and O–H groups in total. The molecule has 1 fully saturated rings. The molecule has 4 heteroatoms. The van der Waals surface area contributed by atoms with Crippen LogP contribution in [0.4, 0.5) is 0 Å². The molecular weight excluding hydrogens is 320 g/mol. The van der Waals surface area contributed by atoms with E-state index in [-0.39, 0.29) is 0 Å². The Hall–Kier alpha value is -0.710. The third-order valence-electron chi connectivity index (χ3n) is 3.50. The first-order valence-corrected chi connectivity index (χ1v) is 8.35. The van der Waals surface area contributed by atoms with E-state index in [4.69, 9.17) is 0 Å². The van der Waals surface area contributed by atoms with E-state index in [1.807, 2.05) is 11.7 Å². The van der Waals surface area contributed by atoms with E-state index >= 15 is 0 Å². The minimum atomic E-state index is 0.536. The summed E-state index contributed by atoms with van der Waals surface area (Å²) in [4.78, 5) is 5.55. The molecule has 2 nitrogen and oxygen atoms in total. The summed E-state index contributed by atoms with van der Waals surface area (Å²) < 4.78 is 1.14. The zero-order chi connectivity index (χ0) is 13.1. The van der Waals surface area contributed by atoms with Gasteiger partial charge in [-0.3, -0.25) is 4.98 Å². The molecule has 0 saturated heterocycles. The maximum atomic E-state index is 4.18. The molecule has 3 rings (SSSR count). The van der Waals surface area contributed by atoms with Crippen molar-refractivity contribution in [2.45, 2.75) is 31.2 Å². The van der Waals surface area contributed by atoms with Crippen molar-refractivity contribution in [3.63, 3.8) is 0 Å². The van der Waals surface area contributed by atoms with E-state index in [2.05, 4.69) is 50.5 Å². The van der Waals surface area contributed by atoms with Gasteiger partial charge in [-0.15, -0.1) is 11.3 Å². The number of nitrogens with one attached hydrogen (secondary N) is 1. The van der Waals surface area contributed by atoms with Gasteiger partial charge in [0.05, 0.1) is 5.51 Å². The van der Waals surface area contributed by atoms with Crippen molar-refractivity contribution in [2.24, 2.45) is 0 Å². The smallest absolute Gasteiger partial charge is 0.0794 e. The third-order valence-corrected chi connectivity index (χ3v) is 4.83. The molecule has 1 aromatic carbocycles. The minimum absolute atomic E-state index is 0.536. The summed E-state index contributed by atoms with van der Waals surface area (Å²) >= 11 is 5.25. The van der Waals surface area contributed by atoms with Crippen LogP contribution in [0.25, 0.3) is 0 Å². The Kier molecular flexibility index (Phi) is 4.31. The van der Waals surface area contributed by atoms with Gasteiger partial charge >= 0.3 is 0 Å². The summed E-state index contributed by atoms with van der Waals surface area (Å²) in [6.45, 7) is 1.06. The normalized spacial score (nSPS) is 16.5. The van der Waals surface area contributed by atoms with Crippen LogP contribution >= 0.6 is 27.3 Å². The number of hydrogen-bond donors (Lipinski definition) is 1. The van der Waals surface area contributed by atoms with Crippen molar-refractivity contribution >= 4 is 27.3 Å². The van der Waals surface area contributed by atoms with E-state index in [0.29, 0.717) is 5.92 Å². The molecule has 0 bridgehead atoms. The predicted octanol–water partition coefficient (Wildman–Crippen LogP) is 3.98. The first-order chi connectivity index (χ1) is 9.31. The molecule has 19 heavy (non-hydrogen) atoms. The lowest BCUT2D eigenvalue weighted by molar-refractivity contribution is 0.579. The molecular formula is C15H17BrN2S. The number of hydrogen-bond acceptors (Lipinski definition) is 3. The zero-order valence-corrected chi connectivity index (χ0v) is 13.1. The van der Waals surface area contributed by atoms with Crippen LogP contribution in [-0.2, 0) is 6.42 Å². The second kappa shape index (κ2) is 6.16. The van der Waals surface area contributed by atoms with Gasteiger partial charge in [0.15, 0.2) is 0 Å². The molecule has 1 aromatic heterocycles. The average Bonchev–Trinajstić information content (AvgIpc) is 3.11. The Bertz CT molecular complexity index is 505. The zero-order valence-electron chi connectivity index (χ0n) is 10.7. The molecule has 1 aliphatic carbocycles. The maximum absolute atomic E-state index is 4.18. The molecule has 1 atom stereocenters. The van der Waals surface area contributed by atoms with Gasteiger partial charge in [0.25, 0.3) is 0 Å². The van der Waals surface area contributed by atoms with Gasteiger partial charge in [-0.05, 0) is 37.0 Å². The summed E-state index contributed by atoms with van der Waals surface area (Å²) in [5.41, 5.74) is 3.33. The van der Waals surface area contributed by atoms with Crippen LogP contribution in [0.5, 0.6) is 0 Å². The monoisotopic (exact) mass is 336 g/mol. The molecule has 1 unspecified atom stereocenters. The van der Waals surface area contributed by atoms with Gasteiger partial charge in [0.1, 0.15) is 0 Å². The lowest BCUT2D eigenvalue weighted by Crippen LogP contribution is -2.24. The van der Waals surface area contributed by atoms with Crippen molar-refractivity contribution in [1.29, 1.82) is 0 Å². The van der Waals surface area contributed by atoms with Crippen molar-refractivity contribution in [2.75, 3.05) is 6.54 Å². The Morgan fingerprint density at radius 2 is 2.11 bits per heavy atom. The molecule has 1 aliphatic rings. The summed E-state index contributed by atoms with van der Waals surface area (Å²) in [7, 11) is 0. The Labute approximate surface area is 126 Å². The Morgan fingerprint density at radius 1 is 1.32 bits per heavy atom. The van der Waals surface area contributed by atoms with Gasteiger partial charge < -0.3 is 5.32 Å². The fourth-order valence-corrected chi connectivity index (χ4v) is 3.17. The van der Waals surface area contributed by atoms with Crippen LogP contribution in [0, 0.1) is 0 Å². The van der Waals surface area contributed by atoms with Gasteiger partial charge in [-0.25, -0.2) is 0 Å². The largest absolute Gasteiger partial charge is 0.313 e. The standard InChI is InChI=1S/C15H17BrN2S/c16-13-3-1-11(2-4-13)12(8-18-14-5-6-14)7-15-9-17-10-19-15/h1-4,9-10,12,14,18H,5-8H2. The molecule has 1 saturated carbocycles. The molecule has 0 radical (unpaired) electrons. The van der Waals surface area contributed by atoms with Crippen LogP contribution in [0.1, 0.15) is 29.2 Å². The molecule has 100 valence electrons. The van der Waals surface area contributed by atoms with Crippen molar-refractivity contribution in [3.8, 4) is 0 Å². The topological polar surface area (TPSA) is 24.9 Å². The maximum Gasteiger partial charge on any atom is 0.0794 e. The van der Waals surface area contributed by atoms with Gasteiger partial charge in [0, 0.05) is 34.1 Å². The summed E-state index contributed by atoms with van der Waals surface area (Å²) in [5, 5.41) is 3.65. The number of halogens is 1. The highest BCUT2D eigenvalue weighted by Crippen LogP contribution is 2.26. The predicted molar refractivity (Wildman–Crippen MR) is 83.7 cm³/mol. The average molecular weight is 337 g/mol. The number of benzene rings is 1.